The molecule has 2 saturated carbocycles. The molecule has 1 aromatic heterocycles. The first kappa shape index (κ1) is 23.7. The first-order valence-electron chi connectivity index (χ1n) is 12.6. The molecule has 2 aliphatic carbocycles. The first-order chi connectivity index (χ1) is 17.4. The number of aliphatic hydroxyl groups is 1. The molecule has 6 unspecified atom stereocenters. The van der Waals surface area contributed by atoms with E-state index in [1.807, 2.05) is 18.2 Å². The van der Waals surface area contributed by atoms with Crippen LogP contribution in [0.2, 0.25) is 0 Å². The summed E-state index contributed by atoms with van der Waals surface area (Å²) in [5, 5.41) is 18.0. The van der Waals surface area contributed by atoms with Gasteiger partial charge in [-0.25, -0.2) is 9.37 Å². The molecule has 4 aliphatic rings. The molecule has 6 atom stereocenters. The SMILES string of the molecule is CN1CCN(c2ccc3cc2C(O)CSC2CC4CC2C(Nc2nc(ncc2F)N3)C4C(N)=O)CC1. The molecule has 1 aromatic carbocycles. The molecule has 2 aromatic rings. The largest absolute Gasteiger partial charge is 0.387 e. The van der Waals surface area contributed by atoms with Gasteiger partial charge in [0.05, 0.1) is 18.2 Å². The lowest BCUT2D eigenvalue weighted by atomic mass is 9.83. The van der Waals surface area contributed by atoms with Gasteiger partial charge in [0, 0.05) is 60.2 Å². The van der Waals surface area contributed by atoms with Gasteiger partial charge in [-0.1, -0.05) is 0 Å². The normalized spacial score (nSPS) is 31.9. The number of hydrogen-bond acceptors (Lipinski definition) is 9. The number of carbonyl (C=O) groups excluding carboxylic acids is 1. The zero-order valence-electron chi connectivity index (χ0n) is 20.2. The number of carbonyl (C=O) groups is 1. The molecular weight excluding hydrogens is 481 g/mol. The fourth-order valence-corrected chi connectivity index (χ4v) is 7.97. The van der Waals surface area contributed by atoms with Crippen molar-refractivity contribution in [3.63, 3.8) is 0 Å². The van der Waals surface area contributed by atoms with Gasteiger partial charge >= 0.3 is 0 Å². The van der Waals surface area contributed by atoms with Crippen LogP contribution in [0.3, 0.4) is 0 Å². The smallest absolute Gasteiger partial charge is 0.229 e. The number of anilines is 4. The number of benzene rings is 1. The second-order valence-electron chi connectivity index (χ2n) is 10.5. The van der Waals surface area contributed by atoms with Gasteiger partial charge in [0.2, 0.25) is 11.9 Å². The molecule has 1 amide bonds. The number of fused-ring (bicyclic) bond motifs is 5. The predicted octanol–water partition coefficient (Wildman–Crippen LogP) is 2.18. The number of rotatable bonds is 2. The number of aromatic nitrogens is 2. The standard InChI is InChI=1S/C25H32FN7O2S/c1-32-4-6-33(7-5-32)18-3-2-14-10-15(18)19(34)12-36-20-9-13-8-16(20)22(21(13)23(27)35)30-24-17(26)11-28-25(29-14)31-24/h2-3,10-11,13,16,19-22,34H,4-9,12H2,1H3,(H2,27,35)(H2,28,29,30,31). The minimum atomic E-state index is -0.656. The molecular formula is C25H32FN7O2S. The molecule has 0 spiro atoms. The summed E-state index contributed by atoms with van der Waals surface area (Å²) in [6.07, 6.45) is 2.21. The fraction of sp³-hybridized carbons (Fsp3) is 0.560. The van der Waals surface area contributed by atoms with E-state index in [4.69, 9.17) is 5.73 Å². The van der Waals surface area contributed by atoms with Crippen LogP contribution >= 0.6 is 11.8 Å². The van der Waals surface area contributed by atoms with Crippen LogP contribution < -0.4 is 21.3 Å². The predicted molar refractivity (Wildman–Crippen MR) is 139 cm³/mol. The van der Waals surface area contributed by atoms with Crippen molar-refractivity contribution < 1.29 is 14.3 Å². The van der Waals surface area contributed by atoms with E-state index in [0.29, 0.717) is 5.75 Å². The number of nitrogens with zero attached hydrogens (tertiary/aromatic N) is 4. The molecule has 11 heteroatoms. The van der Waals surface area contributed by atoms with E-state index in [2.05, 4.69) is 37.4 Å². The molecule has 192 valence electrons. The Hall–Kier alpha value is -2.63. The third-order valence-electron chi connectivity index (χ3n) is 8.27. The number of amides is 1. The summed E-state index contributed by atoms with van der Waals surface area (Å²) in [6.45, 7) is 3.73. The zero-order chi connectivity index (χ0) is 25.0. The zero-order valence-corrected chi connectivity index (χ0v) is 21.0. The maximum Gasteiger partial charge on any atom is 0.229 e. The van der Waals surface area contributed by atoms with Crippen LogP contribution in [0, 0.1) is 23.6 Å². The number of primary amides is 1. The Bertz CT molecular complexity index is 1160. The van der Waals surface area contributed by atoms with Gasteiger partial charge < -0.3 is 31.3 Å². The summed E-state index contributed by atoms with van der Waals surface area (Å²) < 4.78 is 14.7. The van der Waals surface area contributed by atoms with Crippen LogP contribution in [-0.2, 0) is 4.79 Å². The van der Waals surface area contributed by atoms with Crippen LogP contribution in [0.5, 0.6) is 0 Å². The molecule has 36 heavy (non-hydrogen) atoms. The van der Waals surface area contributed by atoms with Gasteiger partial charge in [-0.15, -0.1) is 0 Å². The second-order valence-corrected chi connectivity index (χ2v) is 11.7. The van der Waals surface area contributed by atoms with Crippen molar-refractivity contribution in [2.24, 2.45) is 23.5 Å². The number of nitrogens with one attached hydrogen (secondary N) is 2. The van der Waals surface area contributed by atoms with E-state index in [-0.39, 0.29) is 46.7 Å². The third kappa shape index (κ3) is 4.26. The van der Waals surface area contributed by atoms with Gasteiger partial charge in [0.15, 0.2) is 11.6 Å². The Labute approximate surface area is 214 Å². The number of likely N-dealkylation sites (N-methyl/N-ethyl adjacent to an activating group) is 1. The van der Waals surface area contributed by atoms with E-state index >= 15 is 0 Å². The average molecular weight is 514 g/mol. The molecule has 9 nitrogen and oxygen atoms in total. The highest BCUT2D eigenvalue weighted by molar-refractivity contribution is 7.99. The number of thioether (sulfide) groups is 1. The van der Waals surface area contributed by atoms with E-state index in [9.17, 15) is 14.3 Å². The summed E-state index contributed by atoms with van der Waals surface area (Å²) >= 11 is 1.74. The van der Waals surface area contributed by atoms with Gasteiger partial charge in [-0.2, -0.15) is 16.7 Å². The van der Waals surface area contributed by atoms with Crippen LogP contribution in [0.1, 0.15) is 24.5 Å². The maximum absolute atomic E-state index is 14.7. The molecule has 0 radical (unpaired) electrons. The third-order valence-corrected chi connectivity index (χ3v) is 9.75. The first-order valence-corrected chi connectivity index (χ1v) is 13.6. The second kappa shape index (κ2) is 9.35. The molecule has 3 fully saturated rings. The summed E-state index contributed by atoms with van der Waals surface area (Å²) in [7, 11) is 2.12. The van der Waals surface area contributed by atoms with E-state index in [0.717, 1.165) is 62.2 Å². The van der Waals surface area contributed by atoms with Gasteiger partial charge in [0.1, 0.15) is 0 Å². The Kier molecular flexibility index (Phi) is 6.17. The molecule has 2 aliphatic heterocycles. The summed E-state index contributed by atoms with van der Waals surface area (Å²) in [5.41, 5.74) is 8.41. The number of hydrogen-bond donors (Lipinski definition) is 4. The maximum atomic E-state index is 14.7. The monoisotopic (exact) mass is 513 g/mol. The quantitative estimate of drug-likeness (QED) is 0.479. The number of aliphatic hydroxyl groups excluding tert-OH is 1. The Morgan fingerprint density at radius 3 is 2.83 bits per heavy atom. The van der Waals surface area contributed by atoms with Crippen molar-refractivity contribution in [3.8, 4) is 0 Å². The lowest BCUT2D eigenvalue weighted by Gasteiger charge is -2.37. The van der Waals surface area contributed by atoms with Crippen LogP contribution in [-0.4, -0.2) is 76.2 Å². The molecule has 6 bridgehead atoms. The van der Waals surface area contributed by atoms with Gasteiger partial charge in [-0.05, 0) is 49.9 Å². The van der Waals surface area contributed by atoms with E-state index < -0.39 is 11.9 Å². The number of nitrogens with two attached hydrogens (primary N) is 1. The van der Waals surface area contributed by atoms with Gasteiger partial charge in [0.25, 0.3) is 0 Å². The van der Waals surface area contributed by atoms with E-state index in [1.165, 1.54) is 0 Å². The van der Waals surface area contributed by atoms with Crippen LogP contribution in [0.4, 0.5) is 27.5 Å². The topological polar surface area (TPSA) is 120 Å². The summed E-state index contributed by atoms with van der Waals surface area (Å²) in [5.74, 6) is -0.135. The fourth-order valence-electron chi connectivity index (χ4n) is 6.45. The number of piperazine rings is 1. The van der Waals surface area contributed by atoms with Crippen molar-refractivity contribution in [3.05, 3.63) is 35.8 Å². The van der Waals surface area contributed by atoms with Crippen molar-refractivity contribution in [2.75, 3.05) is 54.5 Å². The minimum Gasteiger partial charge on any atom is -0.387 e. The van der Waals surface area contributed by atoms with Crippen molar-refractivity contribution in [1.82, 2.24) is 14.9 Å². The highest BCUT2D eigenvalue weighted by atomic mass is 32.2. The Morgan fingerprint density at radius 1 is 1.25 bits per heavy atom. The Balaban J connectivity index is 1.38. The molecule has 1 saturated heterocycles. The summed E-state index contributed by atoms with van der Waals surface area (Å²) in [6, 6.07) is 5.64. The lowest BCUT2D eigenvalue weighted by Crippen LogP contribution is -2.46. The molecule has 5 N–H and O–H groups in total. The van der Waals surface area contributed by atoms with E-state index in [1.54, 1.807) is 11.8 Å². The van der Waals surface area contributed by atoms with Crippen molar-refractivity contribution in [2.45, 2.75) is 30.2 Å². The Morgan fingerprint density at radius 2 is 2.06 bits per heavy atom. The highest BCUT2D eigenvalue weighted by Crippen LogP contribution is 2.54. The number of halogens is 1. The minimum absolute atomic E-state index is 0.0754. The van der Waals surface area contributed by atoms with Crippen molar-refractivity contribution in [1.29, 1.82) is 0 Å². The van der Waals surface area contributed by atoms with Crippen molar-refractivity contribution >= 4 is 40.8 Å². The molecule has 6 rings (SSSR count). The summed E-state index contributed by atoms with van der Waals surface area (Å²) in [4.78, 5) is 25.5. The average Bonchev–Trinajstić information content (AvgIpc) is 3.43. The lowest BCUT2D eigenvalue weighted by molar-refractivity contribution is -0.123. The van der Waals surface area contributed by atoms with Crippen LogP contribution in [0.15, 0.2) is 24.4 Å². The van der Waals surface area contributed by atoms with Gasteiger partial charge in [-0.3, -0.25) is 4.79 Å². The molecule has 3 heterocycles. The van der Waals surface area contributed by atoms with Crippen LogP contribution in [0.25, 0.3) is 0 Å². The highest BCUT2D eigenvalue weighted by Gasteiger charge is 2.55.